The predicted octanol–water partition coefficient (Wildman–Crippen LogP) is 6.51. The van der Waals surface area contributed by atoms with E-state index in [1.165, 1.54) is 4.90 Å². The first-order valence-electron chi connectivity index (χ1n) is 13.6. The molecule has 8 heteroatoms. The fraction of sp³-hybridized carbons (Fsp3) is 0.303. The number of benzene rings is 3. The van der Waals surface area contributed by atoms with Crippen molar-refractivity contribution < 1.29 is 24.2 Å². The standard InChI is InChI=1S/C33H35N3O5/c1-8-41-26-14-11-21(17-23(26)33(4,5)6)29(37)27-28(20-9-12-22(40-7)13-10-20)36(31(39)30(27)38)32-34-24-15-18(2)19(3)16-25(24)35-32/h9-17,28,37H,8H2,1-7H3,(H,34,35)/b29-27+. The van der Waals surface area contributed by atoms with Crippen LogP contribution < -0.4 is 14.4 Å². The van der Waals surface area contributed by atoms with Crippen molar-refractivity contribution in [2.75, 3.05) is 18.6 Å². The number of imidazole rings is 1. The average molecular weight is 554 g/mol. The maximum absolute atomic E-state index is 13.7. The molecular weight excluding hydrogens is 518 g/mol. The van der Waals surface area contributed by atoms with Crippen LogP contribution in [0.1, 0.15) is 61.6 Å². The largest absolute Gasteiger partial charge is 0.507 e. The quantitative estimate of drug-likeness (QED) is 0.160. The highest BCUT2D eigenvalue weighted by Crippen LogP contribution is 2.43. The molecule has 1 amide bonds. The summed E-state index contributed by atoms with van der Waals surface area (Å²) in [5, 5.41) is 11.7. The lowest BCUT2D eigenvalue weighted by Crippen LogP contribution is -2.30. The number of aliphatic hydroxyl groups is 1. The number of hydrogen-bond acceptors (Lipinski definition) is 6. The third-order valence-corrected chi connectivity index (χ3v) is 7.55. The summed E-state index contributed by atoms with van der Waals surface area (Å²) in [5.74, 6) is -0.264. The summed E-state index contributed by atoms with van der Waals surface area (Å²) < 4.78 is 11.2. The molecule has 1 aliphatic heterocycles. The van der Waals surface area contributed by atoms with Gasteiger partial charge in [-0.05, 0) is 85.3 Å². The summed E-state index contributed by atoms with van der Waals surface area (Å²) in [5.41, 5.74) is 5.18. The van der Waals surface area contributed by atoms with E-state index in [1.54, 1.807) is 43.5 Å². The Labute approximate surface area is 239 Å². The maximum atomic E-state index is 13.7. The van der Waals surface area contributed by atoms with E-state index < -0.39 is 17.7 Å². The Morgan fingerprint density at radius 2 is 1.71 bits per heavy atom. The van der Waals surface area contributed by atoms with Gasteiger partial charge >= 0.3 is 5.91 Å². The number of anilines is 1. The van der Waals surface area contributed by atoms with Crippen LogP contribution >= 0.6 is 0 Å². The van der Waals surface area contributed by atoms with Gasteiger partial charge in [0.25, 0.3) is 5.78 Å². The Hall–Kier alpha value is -4.59. The Kier molecular flexibility index (Phi) is 7.11. The van der Waals surface area contributed by atoms with Gasteiger partial charge in [-0.2, -0.15) is 0 Å². The summed E-state index contributed by atoms with van der Waals surface area (Å²) in [7, 11) is 1.57. The number of aromatic amines is 1. The normalized spacial score (nSPS) is 17.0. The summed E-state index contributed by atoms with van der Waals surface area (Å²) in [4.78, 5) is 36.6. The van der Waals surface area contributed by atoms with Crippen molar-refractivity contribution in [2.45, 2.75) is 53.0 Å². The number of Topliss-reactive ketones (excluding diaryl/α,β-unsaturated/α-hetero) is 1. The lowest BCUT2D eigenvalue weighted by molar-refractivity contribution is -0.132. The number of aromatic nitrogens is 2. The summed E-state index contributed by atoms with van der Waals surface area (Å²) in [6.07, 6.45) is 0. The molecule has 41 heavy (non-hydrogen) atoms. The number of carbonyl (C=O) groups is 2. The third kappa shape index (κ3) is 4.94. The number of nitrogens with zero attached hydrogens (tertiary/aromatic N) is 2. The number of fused-ring (bicyclic) bond motifs is 1. The van der Waals surface area contributed by atoms with Gasteiger partial charge < -0.3 is 19.6 Å². The molecule has 0 bridgehead atoms. The molecule has 212 valence electrons. The number of aliphatic hydroxyl groups excluding tert-OH is 1. The van der Waals surface area contributed by atoms with Crippen molar-refractivity contribution in [3.8, 4) is 11.5 Å². The van der Waals surface area contributed by atoms with Crippen molar-refractivity contribution >= 4 is 34.4 Å². The van der Waals surface area contributed by atoms with E-state index in [2.05, 4.69) is 30.7 Å². The van der Waals surface area contributed by atoms with Crippen LogP contribution in [-0.2, 0) is 15.0 Å². The van der Waals surface area contributed by atoms with E-state index in [4.69, 9.17) is 9.47 Å². The molecule has 0 saturated carbocycles. The number of amides is 1. The van der Waals surface area contributed by atoms with Crippen molar-refractivity contribution in [1.82, 2.24) is 9.97 Å². The molecule has 8 nitrogen and oxygen atoms in total. The number of methoxy groups -OCH3 is 1. The highest BCUT2D eigenvalue weighted by atomic mass is 16.5. The Morgan fingerprint density at radius 3 is 2.34 bits per heavy atom. The highest BCUT2D eigenvalue weighted by molar-refractivity contribution is 6.51. The van der Waals surface area contributed by atoms with Gasteiger partial charge in [-0.1, -0.05) is 32.9 Å². The Bertz CT molecular complexity index is 1650. The first kappa shape index (κ1) is 28.0. The van der Waals surface area contributed by atoms with Gasteiger partial charge in [0, 0.05) is 11.1 Å². The first-order chi connectivity index (χ1) is 19.4. The van der Waals surface area contributed by atoms with Gasteiger partial charge in [-0.3, -0.25) is 14.5 Å². The fourth-order valence-electron chi connectivity index (χ4n) is 5.22. The molecule has 0 aliphatic carbocycles. The van der Waals surface area contributed by atoms with E-state index >= 15 is 0 Å². The van der Waals surface area contributed by atoms with Gasteiger partial charge in [0.2, 0.25) is 5.95 Å². The zero-order chi connectivity index (χ0) is 29.6. The second-order valence-electron chi connectivity index (χ2n) is 11.4. The van der Waals surface area contributed by atoms with Crippen LogP contribution in [0.25, 0.3) is 16.8 Å². The zero-order valence-electron chi connectivity index (χ0n) is 24.5. The minimum Gasteiger partial charge on any atom is -0.507 e. The van der Waals surface area contributed by atoms with Crippen molar-refractivity contribution in [2.24, 2.45) is 0 Å². The SMILES string of the molecule is CCOc1ccc(/C(O)=C2\C(=O)C(=O)N(c3nc4cc(C)c(C)cc4[nH]3)C2c2ccc(OC)cc2)cc1C(C)(C)C. The van der Waals surface area contributed by atoms with Crippen LogP contribution in [0.3, 0.4) is 0 Å². The highest BCUT2D eigenvalue weighted by Gasteiger charge is 2.48. The van der Waals surface area contributed by atoms with Crippen LogP contribution in [0.5, 0.6) is 11.5 Å². The lowest BCUT2D eigenvalue weighted by atomic mass is 9.84. The minimum absolute atomic E-state index is 0.0167. The van der Waals surface area contributed by atoms with E-state index in [0.29, 0.717) is 34.7 Å². The fourth-order valence-corrected chi connectivity index (χ4v) is 5.22. The molecule has 1 unspecified atom stereocenters. The maximum Gasteiger partial charge on any atom is 0.302 e. The third-order valence-electron chi connectivity index (χ3n) is 7.55. The van der Waals surface area contributed by atoms with Gasteiger partial charge in [0.15, 0.2) is 0 Å². The second kappa shape index (κ2) is 10.4. The second-order valence-corrected chi connectivity index (χ2v) is 11.4. The molecule has 1 saturated heterocycles. The van der Waals surface area contributed by atoms with Crippen LogP contribution in [0.2, 0.25) is 0 Å². The van der Waals surface area contributed by atoms with Crippen LogP contribution in [-0.4, -0.2) is 40.5 Å². The number of ketones is 1. The molecule has 5 rings (SSSR count). The van der Waals surface area contributed by atoms with Crippen molar-refractivity contribution in [1.29, 1.82) is 0 Å². The molecule has 0 spiro atoms. The van der Waals surface area contributed by atoms with Crippen molar-refractivity contribution in [3.63, 3.8) is 0 Å². The van der Waals surface area contributed by atoms with Crippen LogP contribution in [0.4, 0.5) is 5.95 Å². The van der Waals surface area contributed by atoms with Crippen molar-refractivity contribution in [3.05, 3.63) is 88.0 Å². The number of ether oxygens (including phenoxy) is 2. The minimum atomic E-state index is -0.923. The Balaban J connectivity index is 1.72. The smallest absolute Gasteiger partial charge is 0.302 e. The van der Waals surface area contributed by atoms with E-state index in [9.17, 15) is 14.7 Å². The number of hydrogen-bond donors (Lipinski definition) is 2. The molecule has 0 radical (unpaired) electrons. The van der Waals surface area contributed by atoms with Gasteiger partial charge in [0.05, 0.1) is 36.4 Å². The summed E-state index contributed by atoms with van der Waals surface area (Å²) in [6.45, 7) is 12.6. The molecule has 1 aliphatic rings. The summed E-state index contributed by atoms with van der Waals surface area (Å²) in [6, 6.07) is 15.4. The molecule has 1 aromatic heterocycles. The molecule has 1 atom stereocenters. The van der Waals surface area contributed by atoms with Crippen LogP contribution in [0, 0.1) is 13.8 Å². The zero-order valence-corrected chi connectivity index (χ0v) is 24.5. The first-order valence-corrected chi connectivity index (χ1v) is 13.6. The molecular formula is C33H35N3O5. The number of aryl methyl sites for hydroxylation is 2. The molecule has 2 heterocycles. The molecule has 3 aromatic carbocycles. The molecule has 1 fully saturated rings. The van der Waals surface area contributed by atoms with Gasteiger partial charge in [-0.25, -0.2) is 4.98 Å². The average Bonchev–Trinajstić information content (AvgIpc) is 3.45. The van der Waals surface area contributed by atoms with Gasteiger partial charge in [0.1, 0.15) is 17.3 Å². The summed E-state index contributed by atoms with van der Waals surface area (Å²) >= 11 is 0. The topological polar surface area (TPSA) is 105 Å². The van der Waals surface area contributed by atoms with E-state index in [-0.39, 0.29) is 22.7 Å². The predicted molar refractivity (Wildman–Crippen MR) is 160 cm³/mol. The monoisotopic (exact) mass is 553 g/mol. The molecule has 2 N–H and O–H groups in total. The van der Waals surface area contributed by atoms with Gasteiger partial charge in [-0.15, -0.1) is 0 Å². The number of H-pyrrole nitrogens is 1. The number of rotatable bonds is 6. The number of nitrogens with one attached hydrogen (secondary N) is 1. The Morgan fingerprint density at radius 1 is 1.02 bits per heavy atom. The number of carbonyl (C=O) groups excluding carboxylic acids is 2. The van der Waals surface area contributed by atoms with E-state index in [1.807, 2.05) is 39.0 Å². The van der Waals surface area contributed by atoms with E-state index in [0.717, 1.165) is 22.2 Å². The van der Waals surface area contributed by atoms with Crippen LogP contribution in [0.15, 0.2) is 60.2 Å². The lowest BCUT2D eigenvalue weighted by Gasteiger charge is -2.25. The molecule has 4 aromatic rings.